The molecule has 0 saturated carbocycles. The predicted octanol–water partition coefficient (Wildman–Crippen LogP) is 3.59. The maximum atomic E-state index is 13.9. The summed E-state index contributed by atoms with van der Waals surface area (Å²) >= 11 is 0. The van der Waals surface area contributed by atoms with Crippen molar-refractivity contribution < 1.29 is 28.2 Å². The maximum absolute atomic E-state index is 13.9. The lowest BCUT2D eigenvalue weighted by atomic mass is 9.96. The van der Waals surface area contributed by atoms with E-state index in [2.05, 4.69) is 0 Å². The largest absolute Gasteiger partial charge is 0.508 e. The highest BCUT2D eigenvalue weighted by Crippen LogP contribution is 2.33. The van der Waals surface area contributed by atoms with Gasteiger partial charge in [0.25, 0.3) is 5.56 Å². The number of carbonyl (C=O) groups is 1. The molecule has 6 nitrogen and oxygen atoms in total. The summed E-state index contributed by atoms with van der Waals surface area (Å²) in [4.78, 5) is 25.2. The van der Waals surface area contributed by atoms with Gasteiger partial charge in [-0.15, -0.1) is 0 Å². The number of halogens is 3. The molecule has 0 fully saturated rings. The van der Waals surface area contributed by atoms with Crippen molar-refractivity contribution in [3.05, 3.63) is 88.1 Å². The number of rotatable bonds is 3. The Morgan fingerprint density at radius 2 is 1.52 bits per heavy atom. The van der Waals surface area contributed by atoms with E-state index < -0.39 is 34.7 Å². The van der Waals surface area contributed by atoms with Crippen molar-refractivity contribution in [2.45, 2.75) is 0 Å². The minimum atomic E-state index is -1.67. The summed E-state index contributed by atoms with van der Waals surface area (Å²) in [5, 5.41) is 19.3. The van der Waals surface area contributed by atoms with Crippen molar-refractivity contribution >= 4 is 16.7 Å². The van der Waals surface area contributed by atoms with Crippen molar-refractivity contribution in [1.29, 1.82) is 0 Å². The van der Waals surface area contributed by atoms with Gasteiger partial charge in [0.05, 0.1) is 10.9 Å². The van der Waals surface area contributed by atoms with Crippen LogP contribution in [0.1, 0.15) is 10.4 Å². The van der Waals surface area contributed by atoms with Gasteiger partial charge in [-0.3, -0.25) is 14.2 Å². The van der Waals surface area contributed by atoms with Gasteiger partial charge in [0.15, 0.2) is 17.5 Å². The third kappa shape index (κ3) is 3.35. The van der Waals surface area contributed by atoms with Crippen LogP contribution in [0.2, 0.25) is 0 Å². The van der Waals surface area contributed by atoms with Gasteiger partial charge in [0.1, 0.15) is 11.5 Å². The van der Waals surface area contributed by atoms with Gasteiger partial charge in [-0.2, -0.15) is 0 Å². The molecule has 1 heterocycles. The molecule has 4 N–H and O–H groups in total. The Hall–Kier alpha value is -4.27. The Labute approximate surface area is 172 Å². The maximum Gasteiger partial charge on any atom is 0.263 e. The van der Waals surface area contributed by atoms with Gasteiger partial charge in [-0.25, -0.2) is 13.2 Å². The van der Waals surface area contributed by atoms with Crippen LogP contribution < -0.4 is 11.3 Å². The van der Waals surface area contributed by atoms with Gasteiger partial charge in [-0.1, -0.05) is 0 Å². The van der Waals surface area contributed by atoms with Crippen LogP contribution in [0.4, 0.5) is 13.2 Å². The number of hydrogen-bond acceptors (Lipinski definition) is 4. The molecule has 1 aromatic heterocycles. The number of fused-ring (bicyclic) bond motifs is 1. The summed E-state index contributed by atoms with van der Waals surface area (Å²) < 4.78 is 42.4. The zero-order valence-electron chi connectivity index (χ0n) is 15.6. The monoisotopic (exact) mass is 426 g/mol. The molecule has 0 spiro atoms. The van der Waals surface area contributed by atoms with Gasteiger partial charge >= 0.3 is 0 Å². The van der Waals surface area contributed by atoms with E-state index in [-0.39, 0.29) is 38.9 Å². The van der Waals surface area contributed by atoms with E-state index in [4.69, 9.17) is 5.73 Å². The molecule has 0 unspecified atom stereocenters. The van der Waals surface area contributed by atoms with Crippen LogP contribution in [0, 0.1) is 17.5 Å². The smallest absolute Gasteiger partial charge is 0.263 e. The van der Waals surface area contributed by atoms with Gasteiger partial charge in [0.2, 0.25) is 5.91 Å². The number of hydrogen-bond donors (Lipinski definition) is 3. The summed E-state index contributed by atoms with van der Waals surface area (Å²) in [6.45, 7) is 0. The minimum absolute atomic E-state index is 0.0146. The van der Waals surface area contributed by atoms with Crippen LogP contribution in [0.25, 0.3) is 27.6 Å². The fourth-order valence-corrected chi connectivity index (χ4v) is 3.39. The number of aromatic nitrogens is 1. The lowest BCUT2D eigenvalue weighted by Crippen LogP contribution is -2.22. The lowest BCUT2D eigenvalue weighted by molar-refractivity contribution is 0.100. The Kier molecular flexibility index (Phi) is 4.65. The first kappa shape index (κ1) is 20.0. The zero-order chi connectivity index (χ0) is 22.4. The van der Waals surface area contributed by atoms with Gasteiger partial charge < -0.3 is 15.9 Å². The molecule has 0 bridgehead atoms. The average molecular weight is 426 g/mol. The Morgan fingerprint density at radius 3 is 2.10 bits per heavy atom. The van der Waals surface area contributed by atoms with E-state index in [1.165, 1.54) is 30.5 Å². The minimum Gasteiger partial charge on any atom is -0.508 e. The number of nitrogens with two attached hydrogens (primary N) is 1. The Balaban J connectivity index is 2.19. The number of amides is 1. The number of primary amides is 1. The van der Waals surface area contributed by atoms with E-state index in [0.29, 0.717) is 0 Å². The quantitative estimate of drug-likeness (QED) is 0.436. The third-order valence-corrected chi connectivity index (χ3v) is 4.79. The predicted molar refractivity (Wildman–Crippen MR) is 107 cm³/mol. The van der Waals surface area contributed by atoms with E-state index in [0.717, 1.165) is 28.8 Å². The van der Waals surface area contributed by atoms with Crippen LogP contribution >= 0.6 is 0 Å². The molecule has 0 aliphatic carbocycles. The normalized spacial score (nSPS) is 11.1. The zero-order valence-corrected chi connectivity index (χ0v) is 15.6. The molecular formula is C22H13F3N2O4. The van der Waals surface area contributed by atoms with E-state index >= 15 is 0 Å². The van der Waals surface area contributed by atoms with Gasteiger partial charge in [-0.05, 0) is 54.1 Å². The molecule has 3 aromatic carbocycles. The Bertz CT molecular complexity index is 1410. The molecule has 4 rings (SSSR count). The molecule has 31 heavy (non-hydrogen) atoms. The van der Waals surface area contributed by atoms with E-state index in [1.807, 2.05) is 0 Å². The second kappa shape index (κ2) is 7.21. The SMILES string of the molecule is NC(=O)c1cc(O)cc2c(-c3cc(F)c(F)c(F)c3)cn(-c3ccc(O)cc3)c(=O)c12. The molecule has 156 valence electrons. The molecule has 0 atom stereocenters. The first-order valence-corrected chi connectivity index (χ1v) is 8.84. The summed E-state index contributed by atoms with van der Waals surface area (Å²) in [7, 11) is 0. The van der Waals surface area contributed by atoms with Crippen molar-refractivity contribution in [3.8, 4) is 28.3 Å². The molecule has 0 saturated heterocycles. The Morgan fingerprint density at radius 1 is 0.903 bits per heavy atom. The number of carbonyl (C=O) groups excluding carboxylic acids is 1. The molecule has 0 aliphatic heterocycles. The number of phenolic OH excluding ortho intramolecular Hbond substituents is 2. The van der Waals surface area contributed by atoms with Crippen LogP contribution in [0.3, 0.4) is 0 Å². The molecule has 4 aromatic rings. The fourth-order valence-electron chi connectivity index (χ4n) is 3.39. The topological polar surface area (TPSA) is 106 Å². The van der Waals surface area contributed by atoms with Crippen molar-refractivity contribution in [2.24, 2.45) is 5.73 Å². The first-order valence-electron chi connectivity index (χ1n) is 8.84. The summed E-state index contributed by atoms with van der Waals surface area (Å²) in [6.07, 6.45) is 1.23. The van der Waals surface area contributed by atoms with Crippen molar-refractivity contribution in [2.75, 3.05) is 0 Å². The van der Waals surface area contributed by atoms with Crippen LogP contribution in [-0.2, 0) is 0 Å². The molecule has 0 radical (unpaired) electrons. The molecule has 1 amide bonds. The van der Waals surface area contributed by atoms with Crippen LogP contribution in [0.5, 0.6) is 11.5 Å². The number of phenols is 2. The second-order valence-corrected chi connectivity index (χ2v) is 6.77. The number of pyridine rings is 1. The highest BCUT2D eigenvalue weighted by atomic mass is 19.2. The van der Waals surface area contributed by atoms with Gasteiger partial charge in [0, 0.05) is 22.8 Å². The van der Waals surface area contributed by atoms with E-state index in [1.54, 1.807) is 0 Å². The summed E-state index contributed by atoms with van der Waals surface area (Å²) in [5.74, 6) is -6.07. The van der Waals surface area contributed by atoms with Crippen LogP contribution in [0.15, 0.2) is 59.5 Å². The number of nitrogens with zero attached hydrogens (tertiary/aromatic N) is 1. The standard InChI is InChI=1S/C22H13F3N2O4/c23-17-5-10(6-18(24)20(17)25)16-9-27(11-1-3-12(28)4-2-11)22(31)19-14(16)7-13(29)8-15(19)21(26)30/h1-9,28-29H,(H2,26,30). The fraction of sp³-hybridized carbons (Fsp3) is 0. The number of benzene rings is 3. The van der Waals surface area contributed by atoms with Crippen LogP contribution in [-0.4, -0.2) is 20.7 Å². The van der Waals surface area contributed by atoms with E-state index in [9.17, 15) is 33.0 Å². The molecule has 9 heteroatoms. The summed E-state index contributed by atoms with van der Waals surface area (Å²) in [6, 6.07) is 9.04. The van der Waals surface area contributed by atoms with Crippen molar-refractivity contribution in [3.63, 3.8) is 0 Å². The first-order chi connectivity index (χ1) is 14.7. The molecular weight excluding hydrogens is 413 g/mol. The average Bonchev–Trinajstić information content (AvgIpc) is 2.72. The van der Waals surface area contributed by atoms with Crippen molar-refractivity contribution in [1.82, 2.24) is 4.57 Å². The number of aromatic hydroxyl groups is 2. The highest BCUT2D eigenvalue weighted by molar-refractivity contribution is 6.10. The third-order valence-electron chi connectivity index (χ3n) is 4.79. The second-order valence-electron chi connectivity index (χ2n) is 6.77. The highest BCUT2D eigenvalue weighted by Gasteiger charge is 2.20. The summed E-state index contributed by atoms with van der Waals surface area (Å²) in [5.41, 5.74) is 4.51. The lowest BCUT2D eigenvalue weighted by Gasteiger charge is -2.15. The molecule has 0 aliphatic rings.